The Labute approximate surface area is 176 Å². The molecular formula is C19H14F6N6O. The van der Waals surface area contributed by atoms with Gasteiger partial charge in [0.25, 0.3) is 5.91 Å². The topological polar surface area (TPSA) is 85.6 Å². The molecule has 1 amide bonds. The number of aryl methyl sites for hydroxylation is 1. The molecule has 0 bridgehead atoms. The molecule has 3 aromatic heterocycles. The first-order valence-electron chi connectivity index (χ1n) is 9.34. The number of aromatic nitrogens is 5. The number of fused-ring (bicyclic) bond motifs is 1. The van der Waals surface area contributed by atoms with Gasteiger partial charge in [0.15, 0.2) is 5.69 Å². The van der Waals surface area contributed by atoms with Crippen LogP contribution in [0.3, 0.4) is 0 Å². The van der Waals surface area contributed by atoms with Crippen molar-refractivity contribution in [2.75, 3.05) is 0 Å². The highest BCUT2D eigenvalue weighted by atomic mass is 19.4. The van der Waals surface area contributed by atoms with E-state index in [0.717, 1.165) is 18.5 Å². The lowest BCUT2D eigenvalue weighted by molar-refractivity contribution is -0.142. The molecule has 0 aliphatic carbocycles. The van der Waals surface area contributed by atoms with Crippen molar-refractivity contribution in [1.82, 2.24) is 30.0 Å². The summed E-state index contributed by atoms with van der Waals surface area (Å²) in [6, 6.07) is 3.19. The Bertz CT molecular complexity index is 1160. The van der Waals surface area contributed by atoms with Crippen LogP contribution in [0.5, 0.6) is 0 Å². The Hall–Kier alpha value is -3.51. The molecule has 0 spiro atoms. The van der Waals surface area contributed by atoms with Gasteiger partial charge >= 0.3 is 12.4 Å². The predicted molar refractivity (Wildman–Crippen MR) is 96.9 cm³/mol. The van der Waals surface area contributed by atoms with Gasteiger partial charge in [-0.25, -0.2) is 4.98 Å². The average molecular weight is 456 g/mol. The Kier molecular flexibility index (Phi) is 5.34. The van der Waals surface area contributed by atoms with Crippen LogP contribution < -0.4 is 5.32 Å². The molecule has 0 fully saturated rings. The van der Waals surface area contributed by atoms with E-state index in [1.807, 2.05) is 0 Å². The SMILES string of the molecule is O=C(NC1CCCn2nc(-c3ccnc(C(F)(F)F)c3)cc21)c1cncc(C(F)(F)F)n1. The van der Waals surface area contributed by atoms with Gasteiger partial charge in [0.2, 0.25) is 0 Å². The molecule has 13 heteroatoms. The maximum atomic E-state index is 13.0. The van der Waals surface area contributed by atoms with Crippen molar-refractivity contribution < 1.29 is 31.1 Å². The minimum absolute atomic E-state index is 0.197. The lowest BCUT2D eigenvalue weighted by Gasteiger charge is -2.24. The number of hydrogen-bond acceptors (Lipinski definition) is 5. The first kappa shape index (κ1) is 21.7. The summed E-state index contributed by atoms with van der Waals surface area (Å²) in [5.74, 6) is -0.854. The molecule has 0 aromatic carbocycles. The highest BCUT2D eigenvalue weighted by Gasteiger charge is 2.35. The fraction of sp³-hybridized carbons (Fsp3) is 0.316. The maximum absolute atomic E-state index is 13.0. The van der Waals surface area contributed by atoms with E-state index in [0.29, 0.717) is 31.3 Å². The predicted octanol–water partition coefficient (Wildman–Crippen LogP) is 4.04. The van der Waals surface area contributed by atoms with E-state index in [2.05, 4.69) is 25.4 Å². The molecule has 0 radical (unpaired) electrons. The molecule has 0 saturated heterocycles. The molecule has 1 aliphatic rings. The van der Waals surface area contributed by atoms with Crippen molar-refractivity contribution in [3.05, 3.63) is 59.6 Å². The zero-order valence-electron chi connectivity index (χ0n) is 16.1. The minimum atomic E-state index is -4.75. The normalized spacial score (nSPS) is 16.5. The number of carbonyl (C=O) groups is 1. The molecule has 7 nitrogen and oxygen atoms in total. The molecule has 4 rings (SSSR count). The van der Waals surface area contributed by atoms with Crippen LogP contribution in [-0.4, -0.2) is 30.6 Å². The van der Waals surface area contributed by atoms with E-state index < -0.39 is 41.4 Å². The molecule has 32 heavy (non-hydrogen) atoms. The van der Waals surface area contributed by atoms with Gasteiger partial charge in [0.1, 0.15) is 11.4 Å². The lowest BCUT2D eigenvalue weighted by Crippen LogP contribution is -2.33. The first-order valence-corrected chi connectivity index (χ1v) is 9.34. The summed E-state index contributed by atoms with van der Waals surface area (Å²) in [6.45, 7) is 0.474. The molecule has 1 atom stereocenters. The third-order valence-corrected chi connectivity index (χ3v) is 4.84. The van der Waals surface area contributed by atoms with Crippen LogP contribution in [0.1, 0.15) is 46.5 Å². The zero-order valence-corrected chi connectivity index (χ0v) is 16.1. The third-order valence-electron chi connectivity index (χ3n) is 4.84. The van der Waals surface area contributed by atoms with Crippen LogP contribution >= 0.6 is 0 Å². The molecule has 4 heterocycles. The van der Waals surface area contributed by atoms with Gasteiger partial charge in [-0.3, -0.25) is 19.4 Å². The third kappa shape index (κ3) is 4.41. The number of alkyl halides is 6. The van der Waals surface area contributed by atoms with E-state index in [-0.39, 0.29) is 11.3 Å². The van der Waals surface area contributed by atoms with Gasteiger partial charge in [0.05, 0.1) is 29.8 Å². The van der Waals surface area contributed by atoms with Crippen molar-refractivity contribution in [2.45, 2.75) is 37.8 Å². The van der Waals surface area contributed by atoms with Gasteiger partial charge in [-0.1, -0.05) is 0 Å². The maximum Gasteiger partial charge on any atom is 0.434 e. The first-order chi connectivity index (χ1) is 15.0. The number of nitrogens with one attached hydrogen (secondary N) is 1. The Morgan fingerprint density at radius 1 is 1.06 bits per heavy atom. The highest BCUT2D eigenvalue weighted by molar-refractivity contribution is 5.92. The summed E-state index contributed by atoms with van der Waals surface area (Å²) in [4.78, 5) is 22.5. The Morgan fingerprint density at radius 3 is 2.53 bits per heavy atom. The fourth-order valence-corrected chi connectivity index (χ4v) is 3.36. The van der Waals surface area contributed by atoms with Gasteiger partial charge in [-0.2, -0.15) is 31.4 Å². The number of pyridine rings is 1. The Balaban J connectivity index is 1.59. The Morgan fingerprint density at radius 2 is 1.81 bits per heavy atom. The quantitative estimate of drug-likeness (QED) is 0.602. The zero-order chi connectivity index (χ0) is 23.1. The second-order valence-electron chi connectivity index (χ2n) is 7.06. The van der Waals surface area contributed by atoms with Crippen LogP contribution in [0.15, 0.2) is 36.8 Å². The summed E-state index contributed by atoms with van der Waals surface area (Å²) in [5.41, 5.74) is -1.88. The van der Waals surface area contributed by atoms with Crippen molar-refractivity contribution in [3.63, 3.8) is 0 Å². The van der Waals surface area contributed by atoms with Gasteiger partial charge in [-0.05, 0) is 31.0 Å². The van der Waals surface area contributed by atoms with E-state index in [9.17, 15) is 31.1 Å². The van der Waals surface area contributed by atoms with Crippen molar-refractivity contribution in [1.29, 1.82) is 0 Å². The van der Waals surface area contributed by atoms with E-state index in [1.54, 1.807) is 4.68 Å². The molecule has 1 N–H and O–H groups in total. The van der Waals surface area contributed by atoms with Gasteiger partial charge in [0, 0.05) is 18.3 Å². The lowest BCUT2D eigenvalue weighted by atomic mass is 10.0. The molecule has 168 valence electrons. The number of rotatable bonds is 3. The van der Waals surface area contributed by atoms with Crippen molar-refractivity contribution >= 4 is 5.91 Å². The standard InChI is InChI=1S/C19H14F6N6O/c20-18(21,22)15-6-10(3-4-27-15)12-7-14-11(2-1-5-31(14)30-12)29-17(32)13-8-26-9-16(28-13)19(23,24)25/h3-4,6-9,11H,1-2,5H2,(H,29,32). The largest absolute Gasteiger partial charge is 0.434 e. The number of carbonyl (C=O) groups excluding carboxylic acids is 1. The van der Waals surface area contributed by atoms with Crippen LogP contribution in [0, 0.1) is 0 Å². The van der Waals surface area contributed by atoms with Crippen molar-refractivity contribution in [2.24, 2.45) is 0 Å². The van der Waals surface area contributed by atoms with Crippen LogP contribution in [-0.2, 0) is 18.9 Å². The summed E-state index contributed by atoms with van der Waals surface area (Å²) < 4.78 is 78.9. The average Bonchev–Trinajstić information content (AvgIpc) is 3.18. The highest BCUT2D eigenvalue weighted by Crippen LogP contribution is 2.33. The number of nitrogens with zero attached hydrogens (tertiary/aromatic N) is 5. The van der Waals surface area contributed by atoms with E-state index in [1.165, 1.54) is 12.1 Å². The van der Waals surface area contributed by atoms with Crippen LogP contribution in [0.2, 0.25) is 0 Å². The van der Waals surface area contributed by atoms with E-state index in [4.69, 9.17) is 0 Å². The monoisotopic (exact) mass is 456 g/mol. The van der Waals surface area contributed by atoms with Crippen LogP contribution in [0.4, 0.5) is 26.3 Å². The molecular weight excluding hydrogens is 442 g/mol. The molecule has 1 aliphatic heterocycles. The molecule has 0 saturated carbocycles. The summed E-state index contributed by atoms with van der Waals surface area (Å²) in [5, 5.41) is 6.92. The van der Waals surface area contributed by atoms with E-state index >= 15 is 0 Å². The molecule has 3 aromatic rings. The summed E-state index contributed by atoms with van der Waals surface area (Å²) in [6.07, 6.45) is -5.83. The number of halogens is 6. The van der Waals surface area contributed by atoms with Crippen LogP contribution in [0.25, 0.3) is 11.3 Å². The molecule has 1 unspecified atom stereocenters. The summed E-state index contributed by atoms with van der Waals surface area (Å²) in [7, 11) is 0. The number of hydrogen-bond donors (Lipinski definition) is 1. The number of amides is 1. The fourth-order valence-electron chi connectivity index (χ4n) is 3.36. The smallest absolute Gasteiger partial charge is 0.342 e. The minimum Gasteiger partial charge on any atom is -0.342 e. The van der Waals surface area contributed by atoms with Gasteiger partial charge in [-0.15, -0.1) is 0 Å². The van der Waals surface area contributed by atoms with Crippen molar-refractivity contribution in [3.8, 4) is 11.3 Å². The van der Waals surface area contributed by atoms with Gasteiger partial charge < -0.3 is 5.32 Å². The second-order valence-corrected chi connectivity index (χ2v) is 7.06. The second kappa shape index (κ2) is 7.88. The summed E-state index contributed by atoms with van der Waals surface area (Å²) >= 11 is 0.